The van der Waals surface area contributed by atoms with E-state index in [9.17, 15) is 4.79 Å². The molecule has 4 nitrogen and oxygen atoms in total. The number of benzene rings is 1. The molecule has 4 heteroatoms. The fraction of sp³-hybridized carbons (Fsp3) is 0.667. The van der Waals surface area contributed by atoms with Gasteiger partial charge in [-0.25, -0.2) is 0 Å². The topological polar surface area (TPSA) is 41.6 Å². The van der Waals surface area contributed by atoms with E-state index in [0.29, 0.717) is 12.5 Å². The summed E-state index contributed by atoms with van der Waals surface area (Å²) < 4.78 is 5.43. The van der Waals surface area contributed by atoms with Crippen LogP contribution in [-0.4, -0.2) is 37.1 Å². The Kier molecular flexibility index (Phi) is 5.37. The summed E-state index contributed by atoms with van der Waals surface area (Å²) in [7, 11) is 0. The maximum absolute atomic E-state index is 12.4. The number of amides is 1. The molecular formula is C21H30N2O2. The van der Waals surface area contributed by atoms with Crippen LogP contribution in [0.1, 0.15) is 43.2 Å². The first-order valence-corrected chi connectivity index (χ1v) is 9.91. The highest BCUT2D eigenvalue weighted by Gasteiger charge is 2.40. The van der Waals surface area contributed by atoms with Crippen molar-refractivity contribution in [3.8, 4) is 0 Å². The third-order valence-electron chi connectivity index (χ3n) is 6.42. The monoisotopic (exact) mass is 342 g/mol. The number of hydrogen-bond donors (Lipinski definition) is 1. The summed E-state index contributed by atoms with van der Waals surface area (Å²) in [6, 6.07) is 8.50. The number of carbonyl (C=O) groups is 1. The van der Waals surface area contributed by atoms with Gasteiger partial charge in [-0.1, -0.05) is 30.7 Å². The zero-order valence-corrected chi connectivity index (χ0v) is 15.1. The molecule has 25 heavy (non-hydrogen) atoms. The van der Waals surface area contributed by atoms with Crippen LogP contribution in [0.2, 0.25) is 0 Å². The van der Waals surface area contributed by atoms with Crippen molar-refractivity contribution in [1.82, 2.24) is 10.2 Å². The first-order chi connectivity index (χ1) is 12.3. The maximum Gasteiger partial charge on any atom is 0.220 e. The lowest BCUT2D eigenvalue weighted by Gasteiger charge is -2.27. The molecular weight excluding hydrogens is 312 g/mol. The van der Waals surface area contributed by atoms with E-state index >= 15 is 0 Å². The highest BCUT2D eigenvalue weighted by Crippen LogP contribution is 2.49. The van der Waals surface area contributed by atoms with Gasteiger partial charge in [0.25, 0.3) is 0 Å². The van der Waals surface area contributed by atoms with Gasteiger partial charge >= 0.3 is 0 Å². The van der Waals surface area contributed by atoms with E-state index in [2.05, 4.69) is 34.5 Å². The molecule has 3 atom stereocenters. The minimum absolute atomic E-state index is 0.235. The minimum atomic E-state index is 0.235. The molecule has 1 aliphatic heterocycles. The van der Waals surface area contributed by atoms with Crippen molar-refractivity contribution in [3.63, 3.8) is 0 Å². The molecule has 1 saturated heterocycles. The number of fused-ring (bicyclic) bond motifs is 2. The van der Waals surface area contributed by atoms with Gasteiger partial charge in [-0.15, -0.1) is 0 Å². The Morgan fingerprint density at radius 2 is 1.92 bits per heavy atom. The number of morpholine rings is 1. The fourth-order valence-corrected chi connectivity index (χ4v) is 5.01. The van der Waals surface area contributed by atoms with Gasteiger partial charge in [-0.2, -0.15) is 0 Å². The van der Waals surface area contributed by atoms with Crippen molar-refractivity contribution in [1.29, 1.82) is 0 Å². The predicted octanol–water partition coefficient (Wildman–Crippen LogP) is 2.96. The normalized spacial score (nSPS) is 29.0. The molecule has 1 aromatic carbocycles. The van der Waals surface area contributed by atoms with Crippen LogP contribution in [0.3, 0.4) is 0 Å². The Labute approximate surface area is 150 Å². The quantitative estimate of drug-likeness (QED) is 0.864. The zero-order valence-electron chi connectivity index (χ0n) is 15.1. The number of hydrogen-bond acceptors (Lipinski definition) is 3. The molecule has 4 rings (SSSR count). The lowest BCUT2D eigenvalue weighted by molar-refractivity contribution is -0.122. The molecule has 1 amide bonds. The Morgan fingerprint density at radius 3 is 2.64 bits per heavy atom. The average molecular weight is 342 g/mol. The highest BCUT2D eigenvalue weighted by molar-refractivity contribution is 5.76. The van der Waals surface area contributed by atoms with Gasteiger partial charge in [0.2, 0.25) is 5.91 Å². The molecule has 1 N–H and O–H groups in total. The van der Waals surface area contributed by atoms with E-state index in [-0.39, 0.29) is 5.91 Å². The van der Waals surface area contributed by atoms with Gasteiger partial charge in [0, 0.05) is 32.6 Å². The summed E-state index contributed by atoms with van der Waals surface area (Å²) in [6.45, 7) is 5.22. The standard InChI is InChI=1S/C21H30N2O2/c24-21(13-20-12-16-5-6-17(20)11-16)22-14-18-3-1-2-4-19(18)15-23-7-9-25-10-8-23/h1-4,16-17,20H,5-15H2,(H,22,24)/t16-,17-,20-/m1/s1. The molecule has 136 valence electrons. The summed E-state index contributed by atoms with van der Waals surface area (Å²) in [5.74, 6) is 2.61. The molecule has 0 radical (unpaired) electrons. The molecule has 2 aliphatic carbocycles. The van der Waals surface area contributed by atoms with Crippen molar-refractivity contribution >= 4 is 5.91 Å². The van der Waals surface area contributed by atoms with E-state index in [1.165, 1.54) is 36.8 Å². The van der Waals surface area contributed by atoms with Crippen LogP contribution in [0, 0.1) is 17.8 Å². The van der Waals surface area contributed by atoms with Gasteiger partial charge in [-0.05, 0) is 48.1 Å². The van der Waals surface area contributed by atoms with Crippen LogP contribution < -0.4 is 5.32 Å². The molecule has 2 bridgehead atoms. The summed E-state index contributed by atoms with van der Waals surface area (Å²) in [5.41, 5.74) is 2.57. The Balaban J connectivity index is 1.29. The third kappa shape index (κ3) is 4.24. The van der Waals surface area contributed by atoms with E-state index in [0.717, 1.165) is 51.1 Å². The van der Waals surface area contributed by atoms with Gasteiger partial charge < -0.3 is 10.1 Å². The van der Waals surface area contributed by atoms with E-state index in [1.807, 2.05) is 0 Å². The van der Waals surface area contributed by atoms with Crippen molar-refractivity contribution in [2.75, 3.05) is 26.3 Å². The van der Waals surface area contributed by atoms with Crippen LogP contribution >= 0.6 is 0 Å². The zero-order chi connectivity index (χ0) is 17.1. The second-order valence-electron chi connectivity index (χ2n) is 8.07. The Hall–Kier alpha value is -1.39. The van der Waals surface area contributed by atoms with Crippen LogP contribution in [0.5, 0.6) is 0 Å². The number of nitrogens with zero attached hydrogens (tertiary/aromatic N) is 1. The number of rotatable bonds is 6. The van der Waals surface area contributed by atoms with Gasteiger partial charge in [-0.3, -0.25) is 9.69 Å². The lowest BCUT2D eigenvalue weighted by atomic mass is 9.86. The first-order valence-electron chi connectivity index (χ1n) is 9.91. The average Bonchev–Trinajstić information content (AvgIpc) is 3.25. The third-order valence-corrected chi connectivity index (χ3v) is 6.42. The van der Waals surface area contributed by atoms with E-state index < -0.39 is 0 Å². The van der Waals surface area contributed by atoms with Crippen LogP contribution in [-0.2, 0) is 22.6 Å². The smallest absolute Gasteiger partial charge is 0.220 e. The summed E-state index contributed by atoms with van der Waals surface area (Å²) in [4.78, 5) is 14.8. The highest BCUT2D eigenvalue weighted by atomic mass is 16.5. The van der Waals surface area contributed by atoms with Crippen LogP contribution in [0.15, 0.2) is 24.3 Å². The second kappa shape index (κ2) is 7.88. The lowest BCUT2D eigenvalue weighted by Crippen LogP contribution is -2.36. The largest absolute Gasteiger partial charge is 0.379 e. The molecule has 2 saturated carbocycles. The SMILES string of the molecule is O=C(C[C@H]1C[C@@H]2CC[C@@H]1C2)NCc1ccccc1CN1CCOCC1. The van der Waals surface area contributed by atoms with Crippen molar-refractivity contribution in [3.05, 3.63) is 35.4 Å². The number of carbonyl (C=O) groups excluding carboxylic acids is 1. The molecule has 0 aromatic heterocycles. The van der Waals surface area contributed by atoms with Crippen molar-refractivity contribution in [2.24, 2.45) is 17.8 Å². The van der Waals surface area contributed by atoms with E-state index in [1.54, 1.807) is 0 Å². The molecule has 3 fully saturated rings. The molecule has 0 spiro atoms. The molecule has 1 aromatic rings. The molecule has 1 heterocycles. The predicted molar refractivity (Wildman–Crippen MR) is 97.9 cm³/mol. The van der Waals surface area contributed by atoms with Crippen LogP contribution in [0.25, 0.3) is 0 Å². The molecule has 3 aliphatic rings. The van der Waals surface area contributed by atoms with E-state index in [4.69, 9.17) is 4.74 Å². The minimum Gasteiger partial charge on any atom is -0.379 e. The number of nitrogens with one attached hydrogen (secondary N) is 1. The van der Waals surface area contributed by atoms with Crippen molar-refractivity contribution < 1.29 is 9.53 Å². The van der Waals surface area contributed by atoms with Crippen molar-refractivity contribution in [2.45, 2.75) is 45.2 Å². The first kappa shape index (κ1) is 17.0. The van der Waals surface area contributed by atoms with Gasteiger partial charge in [0.15, 0.2) is 0 Å². The Bertz CT molecular complexity index is 597. The van der Waals surface area contributed by atoms with Gasteiger partial charge in [0.1, 0.15) is 0 Å². The summed E-state index contributed by atoms with van der Waals surface area (Å²) in [6.07, 6.45) is 6.14. The second-order valence-corrected chi connectivity index (χ2v) is 8.07. The fourth-order valence-electron chi connectivity index (χ4n) is 5.01. The Morgan fingerprint density at radius 1 is 1.12 bits per heavy atom. The summed E-state index contributed by atoms with van der Waals surface area (Å²) >= 11 is 0. The van der Waals surface area contributed by atoms with Crippen LogP contribution in [0.4, 0.5) is 0 Å². The maximum atomic E-state index is 12.4. The van der Waals surface area contributed by atoms with Gasteiger partial charge in [0.05, 0.1) is 13.2 Å². The number of ether oxygens (including phenoxy) is 1. The summed E-state index contributed by atoms with van der Waals surface area (Å²) in [5, 5.41) is 3.18. The molecule has 0 unspecified atom stereocenters.